The number of rotatable bonds is 8. The highest BCUT2D eigenvalue weighted by Crippen LogP contribution is 2.12. The van der Waals surface area contributed by atoms with Crippen LogP contribution in [0.15, 0.2) is 30.3 Å². The van der Waals surface area contributed by atoms with Crippen LogP contribution in [0.1, 0.15) is 32.6 Å². The average molecular weight is 289 g/mol. The predicted molar refractivity (Wildman–Crippen MR) is 87.6 cm³/mol. The van der Waals surface area contributed by atoms with Crippen molar-refractivity contribution in [1.29, 1.82) is 0 Å². The highest BCUT2D eigenvalue weighted by atomic mass is 16.1. The third-order valence-electron chi connectivity index (χ3n) is 4.02. The van der Waals surface area contributed by atoms with Gasteiger partial charge < -0.3 is 15.5 Å². The molecule has 1 heterocycles. The van der Waals surface area contributed by atoms with Gasteiger partial charge in [0.25, 0.3) is 0 Å². The zero-order valence-electron chi connectivity index (χ0n) is 13.0. The van der Waals surface area contributed by atoms with Crippen LogP contribution in [-0.4, -0.2) is 38.1 Å². The normalized spacial score (nSPS) is 17.7. The summed E-state index contributed by atoms with van der Waals surface area (Å²) in [7, 11) is 0. The van der Waals surface area contributed by atoms with Crippen molar-refractivity contribution < 1.29 is 4.79 Å². The Morgan fingerprint density at radius 2 is 2.19 bits per heavy atom. The van der Waals surface area contributed by atoms with E-state index in [0.717, 1.165) is 39.0 Å². The van der Waals surface area contributed by atoms with E-state index in [4.69, 9.17) is 0 Å². The Morgan fingerprint density at radius 3 is 2.86 bits per heavy atom. The molecule has 0 aromatic heterocycles. The molecule has 0 spiro atoms. The lowest BCUT2D eigenvalue weighted by atomic mass is 10.1. The topological polar surface area (TPSA) is 44.4 Å². The third kappa shape index (κ3) is 5.38. The van der Waals surface area contributed by atoms with Gasteiger partial charge in [0.15, 0.2) is 0 Å². The minimum absolute atomic E-state index is 0.178. The van der Waals surface area contributed by atoms with E-state index in [0.29, 0.717) is 12.5 Å². The standard InChI is InChI=1S/C17H27N3O/c1-2-20(16-9-4-3-5-10-16)13-7-12-19-17(21)14-15-8-6-11-18-15/h3-5,9-10,15,18H,2,6-8,11-14H2,1H3,(H,19,21). The first-order valence-electron chi connectivity index (χ1n) is 8.09. The number of anilines is 1. The molecular weight excluding hydrogens is 262 g/mol. The summed E-state index contributed by atoms with van der Waals surface area (Å²) in [6, 6.07) is 10.8. The maximum Gasteiger partial charge on any atom is 0.221 e. The van der Waals surface area contributed by atoms with E-state index in [2.05, 4.69) is 46.7 Å². The summed E-state index contributed by atoms with van der Waals surface area (Å²) in [4.78, 5) is 14.2. The Morgan fingerprint density at radius 1 is 1.38 bits per heavy atom. The van der Waals surface area contributed by atoms with Crippen LogP contribution in [0.25, 0.3) is 0 Å². The minimum Gasteiger partial charge on any atom is -0.372 e. The minimum atomic E-state index is 0.178. The van der Waals surface area contributed by atoms with E-state index in [1.54, 1.807) is 0 Å². The molecule has 0 radical (unpaired) electrons. The Balaban J connectivity index is 1.63. The van der Waals surface area contributed by atoms with Crippen molar-refractivity contribution in [1.82, 2.24) is 10.6 Å². The summed E-state index contributed by atoms with van der Waals surface area (Å²) in [5.74, 6) is 0.178. The molecule has 4 heteroatoms. The van der Waals surface area contributed by atoms with Crippen molar-refractivity contribution in [2.24, 2.45) is 0 Å². The van der Waals surface area contributed by atoms with Crippen LogP contribution in [0.4, 0.5) is 5.69 Å². The molecule has 1 fully saturated rings. The predicted octanol–water partition coefficient (Wildman–Crippen LogP) is 2.16. The lowest BCUT2D eigenvalue weighted by Gasteiger charge is -2.23. The van der Waals surface area contributed by atoms with Gasteiger partial charge >= 0.3 is 0 Å². The first kappa shape index (κ1) is 15.8. The SMILES string of the molecule is CCN(CCCNC(=O)CC1CCCN1)c1ccccc1. The second kappa shape index (κ2) is 8.67. The molecule has 1 aromatic rings. The van der Waals surface area contributed by atoms with E-state index in [1.807, 2.05) is 6.07 Å². The fourth-order valence-electron chi connectivity index (χ4n) is 2.83. The number of para-hydroxylation sites is 1. The van der Waals surface area contributed by atoms with Crippen molar-refractivity contribution in [2.45, 2.75) is 38.6 Å². The summed E-state index contributed by atoms with van der Waals surface area (Å²) in [5.41, 5.74) is 1.25. The van der Waals surface area contributed by atoms with Crippen LogP contribution in [-0.2, 0) is 4.79 Å². The van der Waals surface area contributed by atoms with Crippen molar-refractivity contribution in [3.05, 3.63) is 30.3 Å². The third-order valence-corrected chi connectivity index (χ3v) is 4.02. The highest BCUT2D eigenvalue weighted by molar-refractivity contribution is 5.76. The summed E-state index contributed by atoms with van der Waals surface area (Å²) in [6.45, 7) is 5.94. The van der Waals surface area contributed by atoms with Crippen LogP contribution in [0.5, 0.6) is 0 Å². The second-order valence-electron chi connectivity index (χ2n) is 5.62. The summed E-state index contributed by atoms with van der Waals surface area (Å²) in [6.07, 6.45) is 3.92. The van der Waals surface area contributed by atoms with Crippen LogP contribution >= 0.6 is 0 Å². The van der Waals surface area contributed by atoms with E-state index < -0.39 is 0 Å². The lowest BCUT2D eigenvalue weighted by molar-refractivity contribution is -0.121. The van der Waals surface area contributed by atoms with Gasteiger partial charge in [-0.25, -0.2) is 0 Å². The van der Waals surface area contributed by atoms with Gasteiger partial charge in [-0.05, 0) is 44.9 Å². The van der Waals surface area contributed by atoms with Crippen LogP contribution < -0.4 is 15.5 Å². The Labute approximate surface area is 127 Å². The second-order valence-corrected chi connectivity index (χ2v) is 5.62. The highest BCUT2D eigenvalue weighted by Gasteiger charge is 2.17. The molecule has 1 saturated heterocycles. The number of hydrogen-bond donors (Lipinski definition) is 2. The molecule has 0 saturated carbocycles. The molecule has 1 aliphatic rings. The Bertz CT molecular complexity index is 415. The molecule has 1 unspecified atom stereocenters. The summed E-state index contributed by atoms with van der Waals surface area (Å²) >= 11 is 0. The maximum atomic E-state index is 11.8. The van der Waals surface area contributed by atoms with Crippen LogP contribution in [0.2, 0.25) is 0 Å². The zero-order valence-corrected chi connectivity index (χ0v) is 13.0. The van der Waals surface area contributed by atoms with Crippen molar-refractivity contribution >= 4 is 11.6 Å². The van der Waals surface area contributed by atoms with E-state index in [1.165, 1.54) is 12.1 Å². The average Bonchev–Trinajstić information content (AvgIpc) is 3.01. The molecule has 1 aliphatic heterocycles. The molecule has 0 aliphatic carbocycles. The maximum absolute atomic E-state index is 11.8. The van der Waals surface area contributed by atoms with Crippen LogP contribution in [0, 0.1) is 0 Å². The van der Waals surface area contributed by atoms with E-state index >= 15 is 0 Å². The van der Waals surface area contributed by atoms with E-state index in [-0.39, 0.29) is 5.91 Å². The molecule has 1 amide bonds. The number of amides is 1. The number of hydrogen-bond acceptors (Lipinski definition) is 3. The number of carbonyl (C=O) groups excluding carboxylic acids is 1. The smallest absolute Gasteiger partial charge is 0.221 e. The summed E-state index contributed by atoms with van der Waals surface area (Å²) < 4.78 is 0. The first-order valence-corrected chi connectivity index (χ1v) is 8.09. The monoisotopic (exact) mass is 289 g/mol. The molecule has 1 aromatic carbocycles. The van der Waals surface area contributed by atoms with Gasteiger partial charge in [-0.2, -0.15) is 0 Å². The summed E-state index contributed by atoms with van der Waals surface area (Å²) in [5, 5.41) is 6.39. The molecule has 0 bridgehead atoms. The molecule has 2 rings (SSSR count). The zero-order chi connectivity index (χ0) is 14.9. The van der Waals surface area contributed by atoms with Gasteiger partial charge in [0.1, 0.15) is 0 Å². The van der Waals surface area contributed by atoms with Gasteiger partial charge in [0.2, 0.25) is 5.91 Å². The quantitative estimate of drug-likeness (QED) is 0.721. The molecule has 4 nitrogen and oxygen atoms in total. The number of nitrogens with one attached hydrogen (secondary N) is 2. The fraction of sp³-hybridized carbons (Fsp3) is 0.588. The molecule has 1 atom stereocenters. The lowest BCUT2D eigenvalue weighted by Crippen LogP contribution is -2.34. The number of nitrogens with zero attached hydrogens (tertiary/aromatic N) is 1. The van der Waals surface area contributed by atoms with Gasteiger partial charge in [-0.1, -0.05) is 18.2 Å². The van der Waals surface area contributed by atoms with Gasteiger partial charge in [-0.3, -0.25) is 4.79 Å². The van der Waals surface area contributed by atoms with Crippen molar-refractivity contribution in [3.63, 3.8) is 0 Å². The first-order chi connectivity index (χ1) is 10.3. The fourth-order valence-corrected chi connectivity index (χ4v) is 2.83. The largest absolute Gasteiger partial charge is 0.372 e. The molecule has 116 valence electrons. The van der Waals surface area contributed by atoms with Gasteiger partial charge in [0, 0.05) is 37.8 Å². The van der Waals surface area contributed by atoms with Gasteiger partial charge in [0.05, 0.1) is 0 Å². The van der Waals surface area contributed by atoms with E-state index in [9.17, 15) is 4.79 Å². The Hall–Kier alpha value is -1.55. The molecule has 21 heavy (non-hydrogen) atoms. The van der Waals surface area contributed by atoms with Crippen molar-refractivity contribution in [2.75, 3.05) is 31.1 Å². The molecule has 2 N–H and O–H groups in total. The Kier molecular flexibility index (Phi) is 6.54. The number of benzene rings is 1. The van der Waals surface area contributed by atoms with Crippen LogP contribution in [0.3, 0.4) is 0 Å². The molecular formula is C17H27N3O. The van der Waals surface area contributed by atoms with Crippen molar-refractivity contribution in [3.8, 4) is 0 Å². The van der Waals surface area contributed by atoms with Gasteiger partial charge in [-0.15, -0.1) is 0 Å². The number of carbonyl (C=O) groups is 1.